The van der Waals surface area contributed by atoms with Crippen LogP contribution >= 0.6 is 0 Å². The number of aromatic hydroxyl groups is 2. The van der Waals surface area contributed by atoms with E-state index in [2.05, 4.69) is 15.0 Å². The molecular weight excluding hydrogens is 368 g/mol. The third kappa shape index (κ3) is 2.81. The molecule has 4 N–H and O–H groups in total. The number of nitrogens with zero attached hydrogens (tertiary/aromatic N) is 2. The van der Waals surface area contributed by atoms with E-state index >= 15 is 0 Å². The van der Waals surface area contributed by atoms with E-state index in [9.17, 15) is 15.0 Å². The summed E-state index contributed by atoms with van der Waals surface area (Å²) < 4.78 is 1.53. The van der Waals surface area contributed by atoms with Crippen molar-refractivity contribution in [1.82, 2.24) is 19.5 Å². The van der Waals surface area contributed by atoms with Gasteiger partial charge in [0, 0.05) is 12.1 Å². The van der Waals surface area contributed by atoms with Crippen LogP contribution in [0.15, 0.2) is 42.9 Å². The molecule has 7 nitrogen and oxygen atoms in total. The lowest BCUT2D eigenvalue weighted by Gasteiger charge is -2.20. The quantitative estimate of drug-likeness (QED) is 0.384. The Morgan fingerprint density at radius 2 is 1.93 bits per heavy atom. The van der Waals surface area contributed by atoms with E-state index in [1.165, 1.54) is 4.57 Å². The standard InChI is InChI=1S/C22H22N4O3/c27-20(13-5-2-1-3-6-13)18-19(16-7-4-10-23-16)26(22(29)21(18)28)14-8-9-15-17(11-14)25-12-24-15/h4,7-13,23,28-29H,1-3,5-6H2,(H,24,25). The molecule has 5 rings (SSSR count). The number of hydrogen-bond acceptors (Lipinski definition) is 4. The van der Waals surface area contributed by atoms with Crippen LogP contribution in [0.5, 0.6) is 11.6 Å². The number of Topliss-reactive ketones (excluding diaryl/α,β-unsaturated/α-hetero) is 1. The smallest absolute Gasteiger partial charge is 0.240 e. The molecule has 0 spiro atoms. The van der Waals surface area contributed by atoms with Crippen molar-refractivity contribution in [2.45, 2.75) is 32.1 Å². The first-order valence-electron chi connectivity index (χ1n) is 9.93. The van der Waals surface area contributed by atoms with Crippen LogP contribution in [0.2, 0.25) is 0 Å². The highest BCUT2D eigenvalue weighted by atomic mass is 16.3. The highest BCUT2D eigenvalue weighted by Gasteiger charge is 2.33. The summed E-state index contributed by atoms with van der Waals surface area (Å²) in [6.45, 7) is 0. The molecule has 7 heteroatoms. The summed E-state index contributed by atoms with van der Waals surface area (Å²) in [6.07, 6.45) is 8.15. The second kappa shape index (κ2) is 6.84. The van der Waals surface area contributed by atoms with Gasteiger partial charge < -0.3 is 20.2 Å². The minimum atomic E-state index is -0.366. The van der Waals surface area contributed by atoms with Crippen molar-refractivity contribution >= 4 is 16.8 Å². The zero-order chi connectivity index (χ0) is 20.0. The molecule has 0 unspecified atom stereocenters. The summed E-state index contributed by atoms with van der Waals surface area (Å²) in [5, 5.41) is 21.7. The maximum Gasteiger partial charge on any atom is 0.240 e. The molecule has 0 atom stereocenters. The van der Waals surface area contributed by atoms with Crippen LogP contribution in [0, 0.1) is 5.92 Å². The predicted molar refractivity (Wildman–Crippen MR) is 109 cm³/mol. The summed E-state index contributed by atoms with van der Waals surface area (Å²) >= 11 is 0. The van der Waals surface area contributed by atoms with Gasteiger partial charge in [-0.15, -0.1) is 0 Å². The van der Waals surface area contributed by atoms with Crippen LogP contribution in [0.3, 0.4) is 0 Å². The van der Waals surface area contributed by atoms with Gasteiger partial charge in [-0.3, -0.25) is 9.36 Å². The minimum absolute atomic E-state index is 0.108. The van der Waals surface area contributed by atoms with Crippen LogP contribution < -0.4 is 0 Å². The second-order valence-electron chi connectivity index (χ2n) is 7.62. The van der Waals surface area contributed by atoms with E-state index in [1.54, 1.807) is 12.5 Å². The van der Waals surface area contributed by atoms with Gasteiger partial charge in [0.15, 0.2) is 11.5 Å². The number of benzene rings is 1. The topological polar surface area (TPSA) is 107 Å². The van der Waals surface area contributed by atoms with Crippen molar-refractivity contribution in [3.8, 4) is 28.7 Å². The highest BCUT2D eigenvalue weighted by molar-refractivity contribution is 6.07. The molecule has 0 radical (unpaired) electrons. The lowest BCUT2D eigenvalue weighted by Crippen LogP contribution is -2.18. The SMILES string of the molecule is O=C(c1c(O)c(O)n(-c2ccc3nc[nH]c3c2)c1-c1ccc[nH]1)C1CCCCC1. The molecule has 1 saturated carbocycles. The van der Waals surface area contributed by atoms with E-state index in [4.69, 9.17) is 0 Å². The fourth-order valence-corrected chi connectivity index (χ4v) is 4.40. The maximum atomic E-state index is 13.4. The molecule has 1 aromatic carbocycles. The van der Waals surface area contributed by atoms with Crippen molar-refractivity contribution in [3.05, 3.63) is 48.4 Å². The minimum Gasteiger partial charge on any atom is -0.503 e. The number of aromatic amines is 2. The molecule has 0 saturated heterocycles. The van der Waals surface area contributed by atoms with Crippen molar-refractivity contribution in [1.29, 1.82) is 0 Å². The molecule has 29 heavy (non-hydrogen) atoms. The third-order valence-corrected chi connectivity index (χ3v) is 5.86. The molecule has 1 aliphatic rings. The lowest BCUT2D eigenvalue weighted by molar-refractivity contribution is 0.0887. The Hall–Kier alpha value is -3.48. The van der Waals surface area contributed by atoms with Crippen LogP contribution in [0.4, 0.5) is 0 Å². The number of carbonyl (C=O) groups is 1. The van der Waals surface area contributed by atoms with Gasteiger partial charge in [-0.25, -0.2) is 4.98 Å². The Morgan fingerprint density at radius 1 is 1.10 bits per heavy atom. The predicted octanol–water partition coefficient (Wildman–Crippen LogP) is 4.52. The second-order valence-corrected chi connectivity index (χ2v) is 7.62. The van der Waals surface area contributed by atoms with Crippen LogP contribution in [-0.4, -0.2) is 35.5 Å². The molecule has 1 aliphatic carbocycles. The van der Waals surface area contributed by atoms with Crippen LogP contribution in [-0.2, 0) is 0 Å². The number of hydrogen-bond donors (Lipinski definition) is 4. The van der Waals surface area contributed by atoms with Crippen molar-refractivity contribution in [3.63, 3.8) is 0 Å². The molecule has 3 aromatic heterocycles. The average molecular weight is 390 g/mol. The van der Waals surface area contributed by atoms with Gasteiger partial charge in [-0.2, -0.15) is 0 Å². The van der Waals surface area contributed by atoms with Gasteiger partial charge in [0.2, 0.25) is 5.88 Å². The number of fused-ring (bicyclic) bond motifs is 1. The summed E-state index contributed by atoms with van der Waals surface area (Å²) in [7, 11) is 0. The number of aromatic nitrogens is 4. The third-order valence-electron chi connectivity index (χ3n) is 5.86. The number of carbonyl (C=O) groups excluding carboxylic acids is 1. The van der Waals surface area contributed by atoms with Crippen molar-refractivity contribution < 1.29 is 15.0 Å². The summed E-state index contributed by atoms with van der Waals surface area (Å²) in [4.78, 5) is 23.8. The molecule has 1 fully saturated rings. The Morgan fingerprint density at radius 3 is 2.69 bits per heavy atom. The van der Waals surface area contributed by atoms with Crippen LogP contribution in [0.1, 0.15) is 42.5 Å². The molecule has 0 bridgehead atoms. The first-order chi connectivity index (χ1) is 14.1. The largest absolute Gasteiger partial charge is 0.503 e. The summed E-state index contributed by atoms with van der Waals surface area (Å²) in [6, 6.07) is 9.13. The highest BCUT2D eigenvalue weighted by Crippen LogP contribution is 2.45. The molecule has 0 aliphatic heterocycles. The van der Waals surface area contributed by atoms with Gasteiger partial charge in [0.05, 0.1) is 40.0 Å². The Bertz CT molecular complexity index is 1180. The van der Waals surface area contributed by atoms with Crippen molar-refractivity contribution in [2.24, 2.45) is 5.92 Å². The Kier molecular flexibility index (Phi) is 4.16. The number of imidazole rings is 1. The maximum absolute atomic E-state index is 13.4. The summed E-state index contributed by atoms with van der Waals surface area (Å²) in [5.41, 5.74) is 3.53. The number of ketones is 1. The molecule has 4 aromatic rings. The van der Waals surface area contributed by atoms with Crippen LogP contribution in [0.25, 0.3) is 28.1 Å². The van der Waals surface area contributed by atoms with Crippen molar-refractivity contribution in [2.75, 3.05) is 0 Å². The average Bonchev–Trinajstić information content (AvgIpc) is 3.48. The fraction of sp³-hybridized carbons (Fsp3) is 0.273. The van der Waals surface area contributed by atoms with Gasteiger partial charge >= 0.3 is 0 Å². The normalized spacial score (nSPS) is 15.2. The molecular formula is C22H22N4O3. The van der Waals surface area contributed by atoms with E-state index in [0.717, 1.165) is 43.1 Å². The Labute approximate surface area is 167 Å². The van der Waals surface area contributed by atoms with E-state index in [-0.39, 0.29) is 28.9 Å². The zero-order valence-corrected chi connectivity index (χ0v) is 15.9. The van der Waals surface area contributed by atoms with Gasteiger partial charge in [0.25, 0.3) is 0 Å². The molecule has 3 heterocycles. The lowest BCUT2D eigenvalue weighted by atomic mass is 9.83. The number of nitrogens with one attached hydrogen (secondary N) is 2. The van der Waals surface area contributed by atoms with Gasteiger partial charge in [-0.05, 0) is 43.2 Å². The zero-order valence-electron chi connectivity index (χ0n) is 15.9. The van der Waals surface area contributed by atoms with Gasteiger partial charge in [0.1, 0.15) is 0 Å². The van der Waals surface area contributed by atoms with E-state index in [1.807, 2.05) is 30.3 Å². The van der Waals surface area contributed by atoms with E-state index < -0.39 is 0 Å². The summed E-state index contributed by atoms with van der Waals surface area (Å²) in [5.74, 6) is -0.945. The Balaban J connectivity index is 1.73. The van der Waals surface area contributed by atoms with Gasteiger partial charge in [-0.1, -0.05) is 19.3 Å². The molecule has 0 amide bonds. The first-order valence-corrected chi connectivity index (χ1v) is 9.93. The molecule has 148 valence electrons. The number of H-pyrrole nitrogens is 2. The monoisotopic (exact) mass is 390 g/mol. The fourth-order valence-electron chi connectivity index (χ4n) is 4.40. The first kappa shape index (κ1) is 17.6. The van der Waals surface area contributed by atoms with E-state index in [0.29, 0.717) is 17.1 Å². The number of rotatable bonds is 4.